The summed E-state index contributed by atoms with van der Waals surface area (Å²) in [5.41, 5.74) is -0.575. The van der Waals surface area contributed by atoms with Crippen LogP contribution in [0.4, 0.5) is 0 Å². The molecule has 0 aromatic carbocycles. The molecule has 1 aliphatic rings. The third kappa shape index (κ3) is 3.93. The molecule has 1 heterocycles. The molecule has 1 N–H and O–H groups in total. The van der Waals surface area contributed by atoms with Crippen LogP contribution in [-0.2, 0) is 14.3 Å². The van der Waals surface area contributed by atoms with Gasteiger partial charge in [0.05, 0.1) is 12.1 Å². The molecule has 1 rings (SSSR count). The number of carbonyl (C=O) groups excluding carboxylic acids is 2. The van der Waals surface area contributed by atoms with Crippen LogP contribution in [0.15, 0.2) is 0 Å². The van der Waals surface area contributed by atoms with E-state index in [1.807, 2.05) is 34.6 Å². The zero-order valence-corrected chi connectivity index (χ0v) is 12.9. The van der Waals surface area contributed by atoms with Crippen LogP contribution in [0.3, 0.4) is 0 Å². The standard InChI is InChI=1S/C14H26N2O3/c1-13(2,3)11-12(18)15-9-10(17)16(11)8-7-14(4,5)19-6/h11H,7-9H2,1-6H3,(H,15,18). The monoisotopic (exact) mass is 270 g/mol. The molecule has 1 atom stereocenters. The minimum Gasteiger partial charge on any atom is -0.379 e. The minimum atomic E-state index is -0.415. The van der Waals surface area contributed by atoms with Gasteiger partial charge in [-0.1, -0.05) is 20.8 Å². The molecule has 0 bridgehead atoms. The number of hydrogen-bond donors (Lipinski definition) is 1. The van der Waals surface area contributed by atoms with Crippen LogP contribution in [0.1, 0.15) is 41.0 Å². The first-order chi connectivity index (χ1) is 8.58. The summed E-state index contributed by atoms with van der Waals surface area (Å²) in [7, 11) is 1.66. The van der Waals surface area contributed by atoms with E-state index in [1.165, 1.54) is 0 Å². The highest BCUT2D eigenvalue weighted by molar-refractivity contribution is 5.95. The van der Waals surface area contributed by atoms with Crippen molar-refractivity contribution in [3.8, 4) is 0 Å². The number of rotatable bonds is 4. The van der Waals surface area contributed by atoms with Gasteiger partial charge in [-0.2, -0.15) is 0 Å². The number of carbonyl (C=O) groups is 2. The second-order valence-electron chi connectivity index (χ2n) is 6.79. The van der Waals surface area contributed by atoms with E-state index in [4.69, 9.17) is 4.74 Å². The van der Waals surface area contributed by atoms with Gasteiger partial charge in [0.15, 0.2) is 0 Å². The average molecular weight is 270 g/mol. The Morgan fingerprint density at radius 3 is 2.32 bits per heavy atom. The van der Waals surface area contributed by atoms with E-state index < -0.39 is 6.04 Å². The summed E-state index contributed by atoms with van der Waals surface area (Å²) in [6.07, 6.45) is 0.703. The van der Waals surface area contributed by atoms with Crippen molar-refractivity contribution in [1.82, 2.24) is 10.2 Å². The quantitative estimate of drug-likeness (QED) is 0.834. The molecule has 110 valence electrons. The molecule has 0 spiro atoms. The number of methoxy groups -OCH3 is 1. The third-order valence-electron chi connectivity index (χ3n) is 3.62. The van der Waals surface area contributed by atoms with Gasteiger partial charge in [-0.25, -0.2) is 0 Å². The van der Waals surface area contributed by atoms with Crippen molar-refractivity contribution in [1.29, 1.82) is 0 Å². The highest BCUT2D eigenvalue weighted by Crippen LogP contribution is 2.27. The summed E-state index contributed by atoms with van der Waals surface area (Å²) in [6, 6.07) is -0.415. The normalized spacial score (nSPS) is 21.6. The van der Waals surface area contributed by atoms with Gasteiger partial charge in [0, 0.05) is 13.7 Å². The van der Waals surface area contributed by atoms with Crippen molar-refractivity contribution in [2.24, 2.45) is 5.41 Å². The maximum absolute atomic E-state index is 12.1. The zero-order valence-electron chi connectivity index (χ0n) is 12.9. The fourth-order valence-electron chi connectivity index (χ4n) is 2.25. The van der Waals surface area contributed by atoms with Crippen molar-refractivity contribution in [2.75, 3.05) is 20.2 Å². The highest BCUT2D eigenvalue weighted by atomic mass is 16.5. The van der Waals surface area contributed by atoms with E-state index in [-0.39, 0.29) is 29.4 Å². The van der Waals surface area contributed by atoms with Crippen LogP contribution in [-0.4, -0.2) is 48.6 Å². The van der Waals surface area contributed by atoms with Crippen LogP contribution in [0.5, 0.6) is 0 Å². The van der Waals surface area contributed by atoms with E-state index >= 15 is 0 Å². The Morgan fingerprint density at radius 2 is 1.84 bits per heavy atom. The van der Waals surface area contributed by atoms with Gasteiger partial charge in [0.1, 0.15) is 6.04 Å². The summed E-state index contributed by atoms with van der Waals surface area (Å²) >= 11 is 0. The summed E-state index contributed by atoms with van der Waals surface area (Å²) < 4.78 is 5.37. The third-order valence-corrected chi connectivity index (χ3v) is 3.62. The van der Waals surface area contributed by atoms with Gasteiger partial charge in [0.25, 0.3) is 0 Å². The second-order valence-corrected chi connectivity index (χ2v) is 6.79. The number of piperazine rings is 1. The number of ether oxygens (including phenoxy) is 1. The highest BCUT2D eigenvalue weighted by Gasteiger charge is 2.42. The Bertz CT molecular complexity index is 358. The van der Waals surface area contributed by atoms with Crippen molar-refractivity contribution < 1.29 is 14.3 Å². The van der Waals surface area contributed by atoms with Crippen molar-refractivity contribution >= 4 is 11.8 Å². The van der Waals surface area contributed by atoms with Crippen LogP contribution in [0, 0.1) is 5.41 Å². The summed E-state index contributed by atoms with van der Waals surface area (Å²) in [4.78, 5) is 25.8. The molecule has 0 aliphatic carbocycles. The van der Waals surface area contributed by atoms with E-state index in [1.54, 1.807) is 12.0 Å². The zero-order chi connectivity index (χ0) is 14.8. The molecule has 1 saturated heterocycles. The topological polar surface area (TPSA) is 58.6 Å². The predicted octanol–water partition coefficient (Wildman–Crippen LogP) is 1.17. The molecule has 0 saturated carbocycles. The first kappa shape index (κ1) is 16.0. The Morgan fingerprint density at radius 1 is 1.26 bits per heavy atom. The molecule has 1 unspecified atom stereocenters. The van der Waals surface area contributed by atoms with Crippen LogP contribution < -0.4 is 5.32 Å². The predicted molar refractivity (Wildman–Crippen MR) is 73.7 cm³/mol. The summed E-state index contributed by atoms with van der Waals surface area (Å²) in [5, 5.41) is 2.67. The largest absolute Gasteiger partial charge is 0.379 e. The van der Waals surface area contributed by atoms with Gasteiger partial charge < -0.3 is 15.0 Å². The Balaban J connectivity index is 2.86. The molecule has 0 aromatic rings. The fourth-order valence-corrected chi connectivity index (χ4v) is 2.25. The lowest BCUT2D eigenvalue weighted by molar-refractivity contribution is -0.150. The summed E-state index contributed by atoms with van der Waals surface area (Å²) in [6.45, 7) is 10.5. The van der Waals surface area contributed by atoms with E-state index in [0.717, 1.165) is 0 Å². The number of hydrogen-bond acceptors (Lipinski definition) is 3. The lowest BCUT2D eigenvalue weighted by Crippen LogP contribution is -2.63. The molecule has 0 radical (unpaired) electrons. The van der Waals surface area contributed by atoms with Crippen molar-refractivity contribution in [3.05, 3.63) is 0 Å². The first-order valence-corrected chi connectivity index (χ1v) is 6.71. The van der Waals surface area contributed by atoms with Gasteiger partial charge in [-0.05, 0) is 25.7 Å². The molecule has 1 fully saturated rings. The molecule has 0 aromatic heterocycles. The second kappa shape index (κ2) is 5.49. The van der Waals surface area contributed by atoms with Gasteiger partial charge in [-0.15, -0.1) is 0 Å². The van der Waals surface area contributed by atoms with Gasteiger partial charge in [0.2, 0.25) is 11.8 Å². The Hall–Kier alpha value is -1.10. The van der Waals surface area contributed by atoms with Crippen molar-refractivity contribution in [2.45, 2.75) is 52.7 Å². The Labute approximate surface area is 115 Å². The molecule has 5 nitrogen and oxygen atoms in total. The minimum absolute atomic E-state index is 0.0218. The van der Waals surface area contributed by atoms with Crippen LogP contribution in [0.2, 0.25) is 0 Å². The van der Waals surface area contributed by atoms with Gasteiger partial charge in [-0.3, -0.25) is 9.59 Å². The summed E-state index contributed by atoms with van der Waals surface area (Å²) in [5.74, 6) is -0.0891. The van der Waals surface area contributed by atoms with E-state index in [0.29, 0.717) is 13.0 Å². The van der Waals surface area contributed by atoms with Gasteiger partial charge >= 0.3 is 0 Å². The molecule has 5 heteroatoms. The van der Waals surface area contributed by atoms with E-state index in [9.17, 15) is 9.59 Å². The molecule has 19 heavy (non-hydrogen) atoms. The number of nitrogens with zero attached hydrogens (tertiary/aromatic N) is 1. The van der Waals surface area contributed by atoms with Crippen molar-refractivity contribution in [3.63, 3.8) is 0 Å². The fraction of sp³-hybridized carbons (Fsp3) is 0.857. The molecule has 2 amide bonds. The maximum Gasteiger partial charge on any atom is 0.243 e. The average Bonchev–Trinajstić information content (AvgIpc) is 2.28. The van der Waals surface area contributed by atoms with Crippen LogP contribution >= 0.6 is 0 Å². The lowest BCUT2D eigenvalue weighted by atomic mass is 9.83. The molecule has 1 aliphatic heterocycles. The first-order valence-electron chi connectivity index (χ1n) is 6.71. The Kier molecular flexibility index (Phi) is 4.61. The maximum atomic E-state index is 12.1. The lowest BCUT2D eigenvalue weighted by Gasteiger charge is -2.43. The SMILES string of the molecule is COC(C)(C)CCN1C(=O)CNC(=O)C1C(C)(C)C. The number of nitrogens with one attached hydrogen (secondary N) is 1. The van der Waals surface area contributed by atoms with E-state index in [2.05, 4.69) is 5.32 Å². The number of amides is 2. The smallest absolute Gasteiger partial charge is 0.243 e. The molecular formula is C14H26N2O3. The molecular weight excluding hydrogens is 244 g/mol. The van der Waals surface area contributed by atoms with Crippen LogP contribution in [0.25, 0.3) is 0 Å².